The van der Waals surface area contributed by atoms with Crippen LogP contribution in [0.25, 0.3) is 11.3 Å². The predicted octanol–water partition coefficient (Wildman–Crippen LogP) is 2.54. The molecular weight excluding hydrogens is 324 g/mol. The number of fused-ring (bicyclic) bond motifs is 1. The van der Waals surface area contributed by atoms with Crippen LogP contribution in [0.5, 0.6) is 0 Å². The van der Waals surface area contributed by atoms with Crippen molar-refractivity contribution in [3.63, 3.8) is 0 Å². The van der Waals surface area contributed by atoms with Crippen molar-refractivity contribution in [1.29, 1.82) is 0 Å². The van der Waals surface area contributed by atoms with Crippen molar-refractivity contribution in [3.05, 3.63) is 48.5 Å². The molecule has 2 amide bonds. The summed E-state index contributed by atoms with van der Waals surface area (Å²) in [5, 5.41) is 10.7. The van der Waals surface area contributed by atoms with E-state index in [1.54, 1.807) is 6.33 Å². The van der Waals surface area contributed by atoms with Crippen LogP contribution < -0.4 is 10.6 Å². The number of carbonyl (C=O) groups is 1. The molecule has 122 valence electrons. The van der Waals surface area contributed by atoms with Gasteiger partial charge in [0.15, 0.2) is 0 Å². The fourth-order valence-corrected chi connectivity index (χ4v) is 3.43. The van der Waals surface area contributed by atoms with Gasteiger partial charge in [-0.2, -0.15) is 9.47 Å². The average Bonchev–Trinajstić information content (AvgIpc) is 3.24. The Morgan fingerprint density at radius 1 is 1.29 bits per heavy atom. The summed E-state index contributed by atoms with van der Waals surface area (Å²) >= 11 is 1.28. The van der Waals surface area contributed by atoms with Crippen molar-refractivity contribution >= 4 is 22.6 Å². The summed E-state index contributed by atoms with van der Waals surface area (Å²) < 4.78 is 6.23. The Labute approximate surface area is 142 Å². The molecule has 1 atom stereocenters. The van der Waals surface area contributed by atoms with E-state index in [4.69, 9.17) is 0 Å². The molecule has 4 rings (SSSR count). The summed E-state index contributed by atoms with van der Waals surface area (Å²) in [7, 11) is 0. The Hall–Kier alpha value is -2.74. The third-order valence-electron chi connectivity index (χ3n) is 3.96. The zero-order valence-electron chi connectivity index (χ0n) is 12.8. The smallest absolute Gasteiger partial charge is 0.320 e. The second-order valence-electron chi connectivity index (χ2n) is 5.63. The first-order valence-corrected chi connectivity index (χ1v) is 8.51. The lowest BCUT2D eigenvalue weighted by molar-refractivity contribution is 0.243. The van der Waals surface area contributed by atoms with E-state index >= 15 is 0 Å². The van der Waals surface area contributed by atoms with Gasteiger partial charge in [0.05, 0.1) is 18.3 Å². The van der Waals surface area contributed by atoms with Gasteiger partial charge in [0.2, 0.25) is 0 Å². The van der Waals surface area contributed by atoms with Crippen LogP contribution in [-0.2, 0) is 13.0 Å². The van der Waals surface area contributed by atoms with E-state index < -0.39 is 0 Å². The van der Waals surface area contributed by atoms with E-state index in [0.29, 0.717) is 6.54 Å². The summed E-state index contributed by atoms with van der Waals surface area (Å²) in [6, 6.07) is 11.6. The number of benzene rings is 1. The lowest BCUT2D eigenvalue weighted by Crippen LogP contribution is -2.43. The monoisotopic (exact) mass is 340 g/mol. The van der Waals surface area contributed by atoms with E-state index in [2.05, 4.69) is 25.1 Å². The van der Waals surface area contributed by atoms with Gasteiger partial charge in [-0.25, -0.2) is 14.5 Å². The molecular formula is C16H16N6OS. The molecule has 0 bridgehead atoms. The lowest BCUT2D eigenvalue weighted by Gasteiger charge is -2.23. The number of rotatable bonds is 3. The maximum Gasteiger partial charge on any atom is 0.320 e. The number of anilines is 1. The Balaban J connectivity index is 1.36. The van der Waals surface area contributed by atoms with Crippen LogP contribution in [0.2, 0.25) is 0 Å². The van der Waals surface area contributed by atoms with E-state index in [-0.39, 0.29) is 12.1 Å². The summed E-state index contributed by atoms with van der Waals surface area (Å²) in [5.41, 5.74) is 1.90. The van der Waals surface area contributed by atoms with Crippen molar-refractivity contribution in [1.82, 2.24) is 24.5 Å². The number of urea groups is 1. The highest BCUT2D eigenvalue weighted by atomic mass is 32.1. The largest absolute Gasteiger partial charge is 0.333 e. The molecule has 1 aliphatic rings. The zero-order valence-corrected chi connectivity index (χ0v) is 13.7. The Bertz CT molecular complexity index is 843. The first kappa shape index (κ1) is 14.8. The number of carbonyl (C=O) groups excluding carboxylic acids is 1. The molecule has 1 aromatic carbocycles. The lowest BCUT2D eigenvalue weighted by atomic mass is 10.1. The molecule has 0 radical (unpaired) electrons. The summed E-state index contributed by atoms with van der Waals surface area (Å²) in [5.74, 6) is 0.975. The molecule has 0 aliphatic carbocycles. The average molecular weight is 340 g/mol. The first-order valence-electron chi connectivity index (χ1n) is 7.74. The quantitative estimate of drug-likeness (QED) is 0.767. The highest BCUT2D eigenvalue weighted by molar-refractivity contribution is 7.10. The zero-order chi connectivity index (χ0) is 16.4. The highest BCUT2D eigenvalue weighted by Gasteiger charge is 2.21. The predicted molar refractivity (Wildman–Crippen MR) is 91.8 cm³/mol. The Morgan fingerprint density at radius 2 is 2.17 bits per heavy atom. The third-order valence-corrected chi connectivity index (χ3v) is 4.66. The molecule has 8 heteroatoms. The third kappa shape index (κ3) is 3.13. The van der Waals surface area contributed by atoms with Gasteiger partial charge in [-0.05, 0) is 18.0 Å². The van der Waals surface area contributed by atoms with Crippen LogP contribution in [0.1, 0.15) is 12.2 Å². The van der Waals surface area contributed by atoms with Gasteiger partial charge in [-0.3, -0.25) is 5.32 Å². The summed E-state index contributed by atoms with van der Waals surface area (Å²) in [4.78, 5) is 16.4. The molecule has 0 saturated carbocycles. The van der Waals surface area contributed by atoms with Crippen molar-refractivity contribution in [3.8, 4) is 11.3 Å². The van der Waals surface area contributed by atoms with Crippen LogP contribution in [-0.4, -0.2) is 31.2 Å². The normalized spacial score (nSPS) is 16.4. The standard InChI is InChI=1S/C16H16N6OS/c23-16(19-12-6-7-14-17-10-18-22(14)9-12)20-15-8-13(21-24-15)11-4-2-1-3-5-11/h1-5,8,10,12H,6-7,9H2,(H2,19,20,23)/t12-/m1/s1. The maximum absolute atomic E-state index is 12.2. The molecule has 0 spiro atoms. The van der Waals surface area contributed by atoms with E-state index in [0.717, 1.165) is 34.9 Å². The SMILES string of the molecule is O=C(Nc1cc(-c2ccccc2)ns1)N[C@@H]1CCc2ncnn2C1. The Kier molecular flexibility index (Phi) is 3.96. The van der Waals surface area contributed by atoms with Crippen LogP contribution in [0, 0.1) is 0 Å². The van der Waals surface area contributed by atoms with Gasteiger partial charge in [0.1, 0.15) is 17.2 Å². The number of aromatic nitrogens is 4. The maximum atomic E-state index is 12.2. The van der Waals surface area contributed by atoms with Gasteiger partial charge >= 0.3 is 6.03 Å². The van der Waals surface area contributed by atoms with Crippen LogP contribution in [0.15, 0.2) is 42.7 Å². The molecule has 24 heavy (non-hydrogen) atoms. The molecule has 1 aliphatic heterocycles. The Morgan fingerprint density at radius 3 is 3.04 bits per heavy atom. The minimum absolute atomic E-state index is 0.0562. The van der Waals surface area contributed by atoms with Crippen molar-refractivity contribution in [2.45, 2.75) is 25.4 Å². The number of hydrogen-bond acceptors (Lipinski definition) is 5. The van der Waals surface area contributed by atoms with Gasteiger partial charge in [-0.15, -0.1) is 0 Å². The number of hydrogen-bond donors (Lipinski definition) is 2. The molecule has 3 heterocycles. The molecule has 2 aromatic heterocycles. The fourth-order valence-electron chi connectivity index (χ4n) is 2.77. The van der Waals surface area contributed by atoms with Gasteiger partial charge < -0.3 is 5.32 Å². The minimum atomic E-state index is -0.216. The van der Waals surface area contributed by atoms with E-state index in [1.807, 2.05) is 41.1 Å². The number of aryl methyl sites for hydroxylation is 1. The second-order valence-corrected chi connectivity index (χ2v) is 6.44. The van der Waals surface area contributed by atoms with Crippen LogP contribution in [0.3, 0.4) is 0 Å². The number of nitrogens with one attached hydrogen (secondary N) is 2. The molecule has 3 aromatic rings. The molecule has 0 saturated heterocycles. The van der Waals surface area contributed by atoms with E-state index in [1.165, 1.54) is 11.5 Å². The minimum Gasteiger partial charge on any atom is -0.333 e. The molecule has 0 fully saturated rings. The van der Waals surface area contributed by atoms with Crippen LogP contribution in [0.4, 0.5) is 9.80 Å². The second kappa shape index (κ2) is 6.40. The van der Waals surface area contributed by atoms with Gasteiger partial charge in [0, 0.05) is 18.1 Å². The number of amides is 2. The fraction of sp³-hybridized carbons (Fsp3) is 0.250. The van der Waals surface area contributed by atoms with Gasteiger partial charge in [-0.1, -0.05) is 30.3 Å². The van der Waals surface area contributed by atoms with Crippen molar-refractivity contribution < 1.29 is 4.79 Å². The van der Waals surface area contributed by atoms with E-state index in [9.17, 15) is 4.79 Å². The van der Waals surface area contributed by atoms with Gasteiger partial charge in [0.25, 0.3) is 0 Å². The summed E-state index contributed by atoms with van der Waals surface area (Å²) in [6.45, 7) is 0.653. The van der Waals surface area contributed by atoms with Crippen LogP contribution >= 0.6 is 11.5 Å². The molecule has 0 unspecified atom stereocenters. The number of nitrogens with zero attached hydrogens (tertiary/aromatic N) is 4. The summed E-state index contributed by atoms with van der Waals surface area (Å²) in [6.07, 6.45) is 3.24. The molecule has 7 nitrogen and oxygen atoms in total. The highest BCUT2D eigenvalue weighted by Crippen LogP contribution is 2.25. The first-order chi connectivity index (χ1) is 11.8. The molecule has 2 N–H and O–H groups in total. The van der Waals surface area contributed by atoms with Crippen molar-refractivity contribution in [2.24, 2.45) is 0 Å². The topological polar surface area (TPSA) is 84.7 Å². The van der Waals surface area contributed by atoms with Crippen molar-refractivity contribution in [2.75, 3.05) is 5.32 Å².